The van der Waals surface area contributed by atoms with Crippen molar-refractivity contribution < 1.29 is 23.5 Å². The van der Waals surface area contributed by atoms with Crippen LogP contribution in [0.5, 0.6) is 11.5 Å². The second kappa shape index (κ2) is 14.3. The quantitative estimate of drug-likeness (QED) is 0.123. The number of amides is 2. The number of aryl methyl sites for hydroxylation is 3. The number of carbonyl (C=O) groups is 2. The molecule has 0 aliphatic heterocycles. The molecule has 2 amide bonds. The van der Waals surface area contributed by atoms with Crippen molar-refractivity contribution in [1.29, 1.82) is 0 Å². The maximum absolute atomic E-state index is 12.7. The van der Waals surface area contributed by atoms with Gasteiger partial charge in [0.15, 0.2) is 12.4 Å². The number of furan rings is 1. The first-order valence-corrected chi connectivity index (χ1v) is 14.8. The molecule has 2 N–H and O–H groups in total. The Balaban J connectivity index is 1.16. The third-order valence-corrected chi connectivity index (χ3v) is 7.21. The molecular weight excluding hydrogens is 582 g/mol. The van der Waals surface area contributed by atoms with Gasteiger partial charge in [-0.25, -0.2) is 5.43 Å². The lowest BCUT2D eigenvalue weighted by molar-refractivity contribution is -0.118. The van der Waals surface area contributed by atoms with Crippen LogP contribution in [-0.2, 0) is 11.4 Å². The summed E-state index contributed by atoms with van der Waals surface area (Å²) in [5.41, 5.74) is 9.09. The number of aromatic nitrogens is 1. The van der Waals surface area contributed by atoms with E-state index in [-0.39, 0.29) is 24.9 Å². The van der Waals surface area contributed by atoms with Gasteiger partial charge in [-0.2, -0.15) is 5.10 Å². The predicted octanol–water partition coefficient (Wildman–Crippen LogP) is 6.42. The summed E-state index contributed by atoms with van der Waals surface area (Å²) in [7, 11) is 3.81. The highest BCUT2D eigenvalue weighted by Crippen LogP contribution is 2.24. The van der Waals surface area contributed by atoms with E-state index in [4.69, 9.17) is 13.9 Å². The van der Waals surface area contributed by atoms with Crippen LogP contribution < -0.4 is 25.1 Å². The van der Waals surface area contributed by atoms with Gasteiger partial charge in [-0.05, 0) is 93.6 Å². The van der Waals surface area contributed by atoms with Crippen LogP contribution in [-0.4, -0.2) is 43.3 Å². The topological polar surface area (TPSA) is 110 Å². The average Bonchev–Trinajstić information content (AvgIpc) is 3.66. The Hall–Kier alpha value is -5.77. The van der Waals surface area contributed by atoms with Crippen molar-refractivity contribution in [3.05, 3.63) is 125 Å². The molecule has 46 heavy (non-hydrogen) atoms. The largest absolute Gasteiger partial charge is 0.486 e. The van der Waals surface area contributed by atoms with E-state index < -0.39 is 5.91 Å². The summed E-state index contributed by atoms with van der Waals surface area (Å²) in [6.07, 6.45) is 1.46. The standard InChI is InChI=1S/C36H37N5O5/c1-24-6-11-28(12-7-24)38-35(42)23-45-34-20-30(40(4)5)13-10-27(34)21-37-39-36(43)33-19-18-32(46-33)22-44-31-16-14-29(15-17-31)41-25(2)8-9-26(41)3/h6-21H,22-23H2,1-5H3,(H,38,42)(H,39,43)/b37-21+. The fourth-order valence-corrected chi connectivity index (χ4v) is 4.72. The third kappa shape index (κ3) is 8.03. The van der Waals surface area contributed by atoms with Gasteiger partial charge < -0.3 is 28.7 Å². The van der Waals surface area contributed by atoms with Gasteiger partial charge in [-0.1, -0.05) is 17.7 Å². The first-order chi connectivity index (χ1) is 22.2. The Labute approximate surface area is 268 Å². The molecule has 5 aromatic rings. The highest BCUT2D eigenvalue weighted by Gasteiger charge is 2.13. The summed E-state index contributed by atoms with van der Waals surface area (Å²) in [5, 5.41) is 6.91. The Morgan fingerprint density at radius 1 is 0.870 bits per heavy atom. The summed E-state index contributed by atoms with van der Waals surface area (Å²) in [4.78, 5) is 27.1. The van der Waals surface area contributed by atoms with E-state index in [1.807, 2.05) is 80.5 Å². The Bertz CT molecular complexity index is 1820. The zero-order valence-electron chi connectivity index (χ0n) is 26.5. The van der Waals surface area contributed by atoms with Crippen LogP contribution in [0.25, 0.3) is 5.69 Å². The van der Waals surface area contributed by atoms with Crippen LogP contribution in [0, 0.1) is 20.8 Å². The van der Waals surface area contributed by atoms with Gasteiger partial charge in [0.25, 0.3) is 5.91 Å². The maximum Gasteiger partial charge on any atom is 0.307 e. The van der Waals surface area contributed by atoms with Gasteiger partial charge in [-0.3, -0.25) is 9.59 Å². The summed E-state index contributed by atoms with van der Waals surface area (Å²) >= 11 is 0. The molecule has 0 atom stereocenters. The summed E-state index contributed by atoms with van der Waals surface area (Å²) in [5.74, 6) is 0.892. The number of hydrogen-bond donors (Lipinski definition) is 2. The molecule has 2 aromatic heterocycles. The van der Waals surface area contributed by atoms with Crippen LogP contribution in [0.3, 0.4) is 0 Å². The molecule has 0 bridgehead atoms. The molecule has 0 aliphatic rings. The summed E-state index contributed by atoms with van der Waals surface area (Å²) in [6.45, 7) is 6.07. The zero-order chi connectivity index (χ0) is 32.6. The molecule has 10 nitrogen and oxygen atoms in total. The minimum absolute atomic E-state index is 0.0943. The van der Waals surface area contributed by atoms with Crippen LogP contribution in [0.2, 0.25) is 0 Å². The fourth-order valence-electron chi connectivity index (χ4n) is 4.72. The van der Waals surface area contributed by atoms with Crippen molar-refractivity contribution in [2.24, 2.45) is 5.10 Å². The number of rotatable bonds is 12. The molecule has 0 unspecified atom stereocenters. The van der Waals surface area contributed by atoms with Crippen molar-refractivity contribution >= 4 is 29.4 Å². The second-order valence-electron chi connectivity index (χ2n) is 11.0. The fraction of sp³-hybridized carbons (Fsp3) is 0.194. The molecule has 0 saturated heterocycles. The number of carbonyl (C=O) groups excluding carboxylic acids is 2. The SMILES string of the molecule is Cc1ccc(NC(=O)COc2cc(N(C)C)ccc2/C=N/NC(=O)c2ccc(COc3ccc(-n4c(C)ccc4C)cc3)o2)cc1. The molecule has 5 rings (SSSR count). The molecule has 2 heterocycles. The first kappa shape index (κ1) is 31.6. The van der Waals surface area contributed by atoms with E-state index in [1.54, 1.807) is 24.3 Å². The van der Waals surface area contributed by atoms with Gasteiger partial charge in [0.2, 0.25) is 0 Å². The monoisotopic (exact) mass is 619 g/mol. The van der Waals surface area contributed by atoms with Crippen molar-refractivity contribution in [2.75, 3.05) is 30.9 Å². The summed E-state index contributed by atoms with van der Waals surface area (Å²) in [6, 6.07) is 28.2. The number of nitrogens with one attached hydrogen (secondary N) is 2. The minimum Gasteiger partial charge on any atom is -0.486 e. The van der Waals surface area contributed by atoms with Crippen LogP contribution in [0.1, 0.15) is 38.8 Å². The van der Waals surface area contributed by atoms with Gasteiger partial charge in [0, 0.05) is 54.2 Å². The minimum atomic E-state index is -0.519. The van der Waals surface area contributed by atoms with Crippen molar-refractivity contribution in [3.8, 4) is 17.2 Å². The van der Waals surface area contributed by atoms with E-state index in [0.29, 0.717) is 28.5 Å². The molecular formula is C36H37N5O5. The predicted molar refractivity (Wildman–Crippen MR) is 179 cm³/mol. The van der Waals surface area contributed by atoms with E-state index in [1.165, 1.54) is 6.21 Å². The third-order valence-electron chi connectivity index (χ3n) is 7.21. The van der Waals surface area contributed by atoms with Crippen LogP contribution in [0.4, 0.5) is 11.4 Å². The van der Waals surface area contributed by atoms with Gasteiger partial charge >= 0.3 is 5.91 Å². The number of nitrogens with zero attached hydrogens (tertiary/aromatic N) is 3. The zero-order valence-corrected chi connectivity index (χ0v) is 26.5. The molecule has 10 heteroatoms. The number of ether oxygens (including phenoxy) is 2. The highest BCUT2D eigenvalue weighted by molar-refractivity contribution is 5.93. The molecule has 0 fully saturated rings. The molecule has 236 valence electrons. The van der Waals surface area contributed by atoms with Crippen molar-refractivity contribution in [2.45, 2.75) is 27.4 Å². The molecule has 0 saturated carbocycles. The smallest absolute Gasteiger partial charge is 0.307 e. The normalized spacial score (nSPS) is 11.0. The Morgan fingerprint density at radius 3 is 2.28 bits per heavy atom. The van der Waals surface area contributed by atoms with E-state index in [0.717, 1.165) is 28.3 Å². The van der Waals surface area contributed by atoms with Crippen molar-refractivity contribution in [3.63, 3.8) is 0 Å². The van der Waals surface area contributed by atoms with E-state index in [9.17, 15) is 9.59 Å². The number of benzene rings is 3. The molecule has 0 radical (unpaired) electrons. The van der Waals surface area contributed by atoms with E-state index in [2.05, 4.69) is 46.4 Å². The lowest BCUT2D eigenvalue weighted by Crippen LogP contribution is -2.21. The van der Waals surface area contributed by atoms with Gasteiger partial charge in [0.1, 0.15) is 23.9 Å². The van der Waals surface area contributed by atoms with Crippen LogP contribution in [0.15, 0.2) is 101 Å². The maximum atomic E-state index is 12.7. The average molecular weight is 620 g/mol. The lowest BCUT2D eigenvalue weighted by atomic mass is 10.2. The molecule has 3 aromatic carbocycles. The number of hydrogen-bond acceptors (Lipinski definition) is 7. The molecule has 0 spiro atoms. The highest BCUT2D eigenvalue weighted by atomic mass is 16.5. The number of hydrazone groups is 1. The lowest BCUT2D eigenvalue weighted by Gasteiger charge is -2.16. The second-order valence-corrected chi connectivity index (χ2v) is 11.0. The van der Waals surface area contributed by atoms with Gasteiger partial charge in [-0.15, -0.1) is 0 Å². The Kier molecular flexibility index (Phi) is 9.87. The first-order valence-electron chi connectivity index (χ1n) is 14.8. The van der Waals surface area contributed by atoms with Crippen LogP contribution >= 0.6 is 0 Å². The van der Waals surface area contributed by atoms with Gasteiger partial charge in [0.05, 0.1) is 6.21 Å². The summed E-state index contributed by atoms with van der Waals surface area (Å²) < 4.78 is 19.6. The number of anilines is 2. The van der Waals surface area contributed by atoms with E-state index >= 15 is 0 Å². The Morgan fingerprint density at radius 2 is 1.59 bits per heavy atom. The molecule has 0 aliphatic carbocycles. The van der Waals surface area contributed by atoms with Crippen molar-refractivity contribution in [1.82, 2.24) is 9.99 Å².